The van der Waals surface area contributed by atoms with Crippen LogP contribution >= 0.6 is 0 Å². The van der Waals surface area contributed by atoms with Gasteiger partial charge in [0.25, 0.3) is 0 Å². The highest BCUT2D eigenvalue weighted by Crippen LogP contribution is 2.24. The van der Waals surface area contributed by atoms with E-state index in [4.69, 9.17) is 19.2 Å². The molecule has 1 saturated heterocycles. The normalized spacial score (nSPS) is 15.8. The molecule has 2 N–H and O–H groups in total. The van der Waals surface area contributed by atoms with E-state index in [-0.39, 0.29) is 6.04 Å². The van der Waals surface area contributed by atoms with Crippen molar-refractivity contribution in [3.8, 4) is 11.5 Å². The van der Waals surface area contributed by atoms with Gasteiger partial charge in [-0.25, -0.2) is 0 Å². The predicted molar refractivity (Wildman–Crippen MR) is 129 cm³/mol. The maximum atomic E-state index is 5.57. The molecule has 174 valence electrons. The minimum Gasteiger partial charge on any atom is -0.497 e. The number of hydrogen-bond donors (Lipinski definition) is 2. The molecule has 0 saturated carbocycles. The Morgan fingerprint density at radius 3 is 2.47 bits per heavy atom. The molecule has 1 unspecified atom stereocenters. The third-order valence-electron chi connectivity index (χ3n) is 5.59. The molecule has 1 fully saturated rings. The van der Waals surface area contributed by atoms with Crippen LogP contribution < -0.4 is 20.1 Å². The summed E-state index contributed by atoms with van der Waals surface area (Å²) in [6.07, 6.45) is 0.896. The second-order valence-electron chi connectivity index (χ2n) is 7.69. The van der Waals surface area contributed by atoms with Crippen molar-refractivity contribution in [3.63, 3.8) is 0 Å². The smallest absolute Gasteiger partial charge is 0.191 e. The molecule has 1 aliphatic rings. The lowest BCUT2D eigenvalue weighted by Gasteiger charge is -2.34. The summed E-state index contributed by atoms with van der Waals surface area (Å²) in [6.45, 7) is 7.70. The Labute approximate surface area is 191 Å². The fourth-order valence-electron chi connectivity index (χ4n) is 3.82. The first-order chi connectivity index (χ1) is 15.7. The van der Waals surface area contributed by atoms with E-state index < -0.39 is 0 Å². The Bertz CT molecular complexity index is 835. The molecule has 32 heavy (non-hydrogen) atoms. The molecule has 3 rings (SSSR count). The minimum absolute atomic E-state index is 0.193. The van der Waals surface area contributed by atoms with Gasteiger partial charge in [-0.15, -0.1) is 0 Å². The number of aliphatic imine (C=N–C) groups is 1. The zero-order valence-corrected chi connectivity index (χ0v) is 19.5. The van der Waals surface area contributed by atoms with Crippen LogP contribution in [-0.2, 0) is 11.2 Å². The summed E-state index contributed by atoms with van der Waals surface area (Å²) < 4.78 is 16.2. The average molecular weight is 441 g/mol. The van der Waals surface area contributed by atoms with Crippen molar-refractivity contribution in [1.29, 1.82) is 0 Å². The molecule has 1 aliphatic heterocycles. The van der Waals surface area contributed by atoms with E-state index in [9.17, 15) is 0 Å². The topological polar surface area (TPSA) is 67.4 Å². The number of guanidine groups is 1. The van der Waals surface area contributed by atoms with Crippen LogP contribution in [0.2, 0.25) is 0 Å². The van der Waals surface area contributed by atoms with Crippen LogP contribution in [-0.4, -0.2) is 71.0 Å². The van der Waals surface area contributed by atoms with Gasteiger partial charge in [-0.05, 0) is 48.7 Å². The standard InChI is InChI=1S/C25H36N4O3/c1-4-26-25(27-13-12-20-6-5-7-23(18-20)31-3)28-19-24(29-14-16-32-17-15-29)21-8-10-22(30-2)11-9-21/h5-11,18,24H,4,12-17,19H2,1-3H3,(H2,26,27,28). The van der Waals surface area contributed by atoms with E-state index in [1.54, 1.807) is 14.2 Å². The van der Waals surface area contributed by atoms with Crippen molar-refractivity contribution >= 4 is 5.96 Å². The average Bonchev–Trinajstić information content (AvgIpc) is 2.85. The molecule has 7 nitrogen and oxygen atoms in total. The van der Waals surface area contributed by atoms with Crippen LogP contribution in [0.4, 0.5) is 0 Å². The van der Waals surface area contributed by atoms with Crippen molar-refractivity contribution < 1.29 is 14.2 Å². The van der Waals surface area contributed by atoms with Crippen LogP contribution in [0.5, 0.6) is 11.5 Å². The van der Waals surface area contributed by atoms with Crippen molar-refractivity contribution in [3.05, 3.63) is 59.7 Å². The third-order valence-corrected chi connectivity index (χ3v) is 5.59. The molecule has 0 spiro atoms. The molecule has 7 heteroatoms. The second kappa shape index (κ2) is 12.9. The van der Waals surface area contributed by atoms with Gasteiger partial charge in [-0.3, -0.25) is 9.89 Å². The Balaban J connectivity index is 1.66. The lowest BCUT2D eigenvalue weighted by molar-refractivity contribution is 0.0179. The number of benzene rings is 2. The molecule has 0 bridgehead atoms. The van der Waals surface area contributed by atoms with Crippen LogP contribution in [0.25, 0.3) is 0 Å². The maximum absolute atomic E-state index is 5.57. The predicted octanol–water partition coefficient (Wildman–Crippen LogP) is 2.87. The first-order valence-electron chi connectivity index (χ1n) is 11.3. The number of morpholine rings is 1. The van der Waals surface area contributed by atoms with Gasteiger partial charge in [0.15, 0.2) is 5.96 Å². The highest BCUT2D eigenvalue weighted by Gasteiger charge is 2.22. The highest BCUT2D eigenvalue weighted by atomic mass is 16.5. The van der Waals surface area contributed by atoms with E-state index >= 15 is 0 Å². The summed E-state index contributed by atoms with van der Waals surface area (Å²) >= 11 is 0. The summed E-state index contributed by atoms with van der Waals surface area (Å²) in [5.74, 6) is 2.59. The summed E-state index contributed by atoms with van der Waals surface area (Å²) in [6, 6.07) is 16.7. The minimum atomic E-state index is 0.193. The molecule has 1 heterocycles. The summed E-state index contributed by atoms with van der Waals surface area (Å²) in [5, 5.41) is 6.84. The Morgan fingerprint density at radius 2 is 1.78 bits per heavy atom. The lowest BCUT2D eigenvalue weighted by Crippen LogP contribution is -2.42. The van der Waals surface area contributed by atoms with Gasteiger partial charge in [0.1, 0.15) is 11.5 Å². The fraction of sp³-hybridized carbons (Fsp3) is 0.480. The first-order valence-corrected chi connectivity index (χ1v) is 11.3. The van der Waals surface area contributed by atoms with Gasteiger partial charge in [0.05, 0.1) is 40.0 Å². The number of hydrogen-bond acceptors (Lipinski definition) is 5. The van der Waals surface area contributed by atoms with Crippen molar-refractivity contribution in [2.45, 2.75) is 19.4 Å². The van der Waals surface area contributed by atoms with Gasteiger partial charge in [0.2, 0.25) is 0 Å². The number of ether oxygens (including phenoxy) is 3. The molecular formula is C25H36N4O3. The van der Waals surface area contributed by atoms with Crippen molar-refractivity contribution in [1.82, 2.24) is 15.5 Å². The van der Waals surface area contributed by atoms with Crippen molar-refractivity contribution in [2.75, 3.05) is 60.2 Å². The van der Waals surface area contributed by atoms with Gasteiger partial charge in [-0.2, -0.15) is 0 Å². The largest absolute Gasteiger partial charge is 0.497 e. The van der Waals surface area contributed by atoms with E-state index in [0.717, 1.165) is 63.3 Å². The zero-order chi connectivity index (χ0) is 22.6. The number of rotatable bonds is 10. The van der Waals surface area contributed by atoms with Crippen LogP contribution in [0.3, 0.4) is 0 Å². The van der Waals surface area contributed by atoms with E-state index in [0.29, 0.717) is 6.54 Å². The Morgan fingerprint density at radius 1 is 1.03 bits per heavy atom. The van der Waals surface area contributed by atoms with Gasteiger partial charge in [0, 0.05) is 26.2 Å². The number of nitrogens with zero attached hydrogens (tertiary/aromatic N) is 2. The van der Waals surface area contributed by atoms with Crippen molar-refractivity contribution in [2.24, 2.45) is 4.99 Å². The molecule has 0 aromatic heterocycles. The summed E-state index contributed by atoms with van der Waals surface area (Å²) in [5.41, 5.74) is 2.47. The summed E-state index contributed by atoms with van der Waals surface area (Å²) in [7, 11) is 3.39. The second-order valence-corrected chi connectivity index (χ2v) is 7.69. The van der Waals surface area contributed by atoms with Gasteiger partial charge >= 0.3 is 0 Å². The van der Waals surface area contributed by atoms with E-state index in [1.165, 1.54) is 11.1 Å². The molecule has 2 aromatic rings. The zero-order valence-electron chi connectivity index (χ0n) is 19.5. The Hall–Kier alpha value is -2.77. The molecule has 0 aliphatic carbocycles. The van der Waals surface area contributed by atoms with E-state index in [1.807, 2.05) is 24.3 Å². The van der Waals surface area contributed by atoms with Gasteiger partial charge < -0.3 is 24.8 Å². The molecular weight excluding hydrogens is 404 g/mol. The third kappa shape index (κ3) is 7.14. The van der Waals surface area contributed by atoms with Crippen LogP contribution in [0.15, 0.2) is 53.5 Å². The van der Waals surface area contributed by atoms with Gasteiger partial charge in [-0.1, -0.05) is 24.3 Å². The maximum Gasteiger partial charge on any atom is 0.191 e. The highest BCUT2D eigenvalue weighted by molar-refractivity contribution is 5.79. The lowest BCUT2D eigenvalue weighted by atomic mass is 10.0. The Kier molecular flexibility index (Phi) is 9.65. The first kappa shape index (κ1) is 23.9. The van der Waals surface area contributed by atoms with Crippen LogP contribution in [0, 0.1) is 0 Å². The monoisotopic (exact) mass is 440 g/mol. The molecule has 0 amide bonds. The quantitative estimate of drug-likeness (QED) is 0.438. The molecule has 1 atom stereocenters. The fourth-order valence-corrected chi connectivity index (χ4v) is 3.82. The summed E-state index contributed by atoms with van der Waals surface area (Å²) in [4.78, 5) is 7.38. The molecule has 0 radical (unpaired) electrons. The van der Waals surface area contributed by atoms with Crippen LogP contribution in [0.1, 0.15) is 24.1 Å². The van der Waals surface area contributed by atoms with E-state index in [2.05, 4.69) is 46.7 Å². The number of nitrogens with one attached hydrogen (secondary N) is 2. The SMILES string of the molecule is CCNC(=NCC(c1ccc(OC)cc1)N1CCOCC1)NCCc1cccc(OC)c1. The number of methoxy groups -OCH3 is 2. The molecule has 2 aromatic carbocycles.